The average Bonchev–Trinajstić information content (AvgIpc) is 3.39. The van der Waals surface area contributed by atoms with Crippen LogP contribution in [0.2, 0.25) is 0 Å². The van der Waals surface area contributed by atoms with Gasteiger partial charge in [-0.3, -0.25) is 19.4 Å². The third kappa shape index (κ3) is 25.2. The zero-order valence-corrected chi connectivity index (χ0v) is 48.7. The van der Waals surface area contributed by atoms with Crippen LogP contribution in [-0.2, 0) is 28.6 Å². The summed E-state index contributed by atoms with van der Waals surface area (Å²) in [6.07, 6.45) is -6.20. The normalized spacial score (nSPS) is 39.2. The maximum Gasteiger partial charge on any atom is 0.317 e. The van der Waals surface area contributed by atoms with Gasteiger partial charge in [0, 0.05) is 50.6 Å². The van der Waals surface area contributed by atoms with Gasteiger partial charge in [-0.2, -0.15) is 0 Å². The van der Waals surface area contributed by atoms with Gasteiger partial charge in [0.1, 0.15) is 24.7 Å². The number of nitrogens with two attached hydrogens (primary N) is 1. The first-order valence-electron chi connectivity index (χ1n) is 28.7. The van der Waals surface area contributed by atoms with Crippen molar-refractivity contribution in [3.8, 4) is 0 Å². The summed E-state index contributed by atoms with van der Waals surface area (Å²) in [5, 5.41) is 135. The molecule has 1 saturated heterocycles. The molecule has 21 nitrogen and oxygen atoms in total. The molecular weight excluding hydrogens is 1030 g/mol. The number of fused-ring (bicyclic) bond motifs is 2. The highest BCUT2D eigenvalue weighted by atomic mass is 16.7. The van der Waals surface area contributed by atoms with E-state index in [9.17, 15) is 75.7 Å². The molecular formula is C58H103N3O18. The van der Waals surface area contributed by atoms with Gasteiger partial charge in [0.25, 0.3) is 0 Å². The number of aliphatic hydroxyl groups is 11. The zero-order chi connectivity index (χ0) is 59.9. The number of aliphatic carboxylic acids is 1. The number of ether oxygens (including phenoxy) is 3. The number of cyclic esters (lactones) is 1. The summed E-state index contributed by atoms with van der Waals surface area (Å²) in [6, 6.07) is 0. The second-order valence-electron chi connectivity index (χ2n) is 23.4. The van der Waals surface area contributed by atoms with E-state index < -0.39 is 145 Å². The lowest BCUT2D eigenvalue weighted by molar-refractivity contribution is -0.333. The molecule has 2 aliphatic heterocycles. The Morgan fingerprint density at radius 2 is 1.46 bits per heavy atom. The van der Waals surface area contributed by atoms with Gasteiger partial charge >= 0.3 is 17.9 Å². The van der Waals surface area contributed by atoms with Crippen molar-refractivity contribution in [2.24, 2.45) is 52.2 Å². The molecule has 15 N–H and O–H groups in total. The quantitative estimate of drug-likeness (QED) is 0.0333. The number of hydrogen-bond donors (Lipinski definition) is 14. The number of guanidine groups is 1. The van der Waals surface area contributed by atoms with Gasteiger partial charge in [0.2, 0.25) is 0 Å². The number of carboxylic acids is 1. The Morgan fingerprint density at radius 3 is 2.10 bits per heavy atom. The van der Waals surface area contributed by atoms with Gasteiger partial charge in [-0.25, -0.2) is 0 Å². The molecule has 79 heavy (non-hydrogen) atoms. The number of unbranched alkanes of at least 4 members (excludes halogenated alkanes) is 3. The molecule has 458 valence electrons. The Bertz CT molecular complexity index is 1940. The first-order chi connectivity index (χ1) is 36.9. The minimum absolute atomic E-state index is 0.0732. The molecule has 0 aromatic rings. The van der Waals surface area contributed by atoms with Gasteiger partial charge in [0.15, 0.2) is 11.7 Å². The molecule has 0 amide bonds. The number of aliphatic imine (C=N–C) groups is 1. The highest BCUT2D eigenvalue weighted by molar-refractivity contribution is 5.90. The third-order valence-electron chi connectivity index (χ3n) is 16.3. The summed E-state index contributed by atoms with van der Waals surface area (Å²) in [5.41, 5.74) is 7.37. The highest BCUT2D eigenvalue weighted by Crippen LogP contribution is 2.36. The van der Waals surface area contributed by atoms with Crippen LogP contribution in [0.15, 0.2) is 40.4 Å². The molecule has 0 radical (unpaired) electrons. The Morgan fingerprint density at radius 1 is 0.810 bits per heavy atom. The van der Waals surface area contributed by atoms with Crippen molar-refractivity contribution in [1.29, 1.82) is 0 Å². The molecule has 21 atom stereocenters. The largest absolute Gasteiger partial charge is 0.481 e. The van der Waals surface area contributed by atoms with Gasteiger partial charge in [0.05, 0.1) is 67.0 Å². The van der Waals surface area contributed by atoms with Crippen LogP contribution < -0.4 is 11.1 Å². The monoisotopic (exact) mass is 1130 g/mol. The topological polar surface area (TPSA) is 372 Å². The number of carbonyl (C=O) groups is 3. The number of aliphatic hydroxyl groups excluding tert-OH is 10. The van der Waals surface area contributed by atoms with E-state index in [1.807, 2.05) is 26.8 Å². The Balaban J connectivity index is 2.52. The van der Waals surface area contributed by atoms with Crippen molar-refractivity contribution in [3.63, 3.8) is 0 Å². The van der Waals surface area contributed by atoms with E-state index in [1.54, 1.807) is 41.7 Å². The fraction of sp³-hybridized carbons (Fsp3) is 0.828. The van der Waals surface area contributed by atoms with Crippen molar-refractivity contribution >= 4 is 23.9 Å². The predicted octanol–water partition coefficient (Wildman–Crippen LogP) is 3.28. The van der Waals surface area contributed by atoms with Crippen molar-refractivity contribution in [2.45, 2.75) is 250 Å². The van der Waals surface area contributed by atoms with E-state index in [2.05, 4.69) is 16.4 Å². The minimum atomic E-state index is -2.43. The number of hydrogen-bond acceptors (Lipinski definition) is 18. The van der Waals surface area contributed by atoms with E-state index in [0.29, 0.717) is 37.3 Å². The standard InChI is InChI=1S/C58H103N3O18/c1-32(16-13-11-12-14-23-61-57(59)60-10)24-37(6)54-36(5)18-15-17-35(4)53(73)39(8)46(66)27-42(63)25-41(62)26-43-28-48(68)55(74)58(76,79-43)31-49(69)34(3)19-21-44(64)38(7)47(67)29-45(65)33(2)20-22-50(40(9)56(75)78-54)77-52(72)30-51(70)71/h16-17,20,22,33-34,36-50,53-55,62-69,73-74,76H,11-15,18-19,21,23-31H2,1-10H3,(H,70,71)(H3,59,60,61)/b22-20+,32-16+,35-17-. The number of carboxylic acid groups (broad SMARTS) is 1. The van der Waals surface area contributed by atoms with Crippen LogP contribution in [0.25, 0.3) is 0 Å². The molecule has 0 aromatic carbocycles. The molecule has 0 spiro atoms. The van der Waals surface area contributed by atoms with Crippen molar-refractivity contribution in [3.05, 3.63) is 35.5 Å². The minimum Gasteiger partial charge on any atom is -0.481 e. The first kappa shape index (κ1) is 71.5. The van der Waals surface area contributed by atoms with Gasteiger partial charge < -0.3 is 86.5 Å². The number of allylic oxidation sites excluding steroid dienone is 3. The molecule has 2 bridgehead atoms. The van der Waals surface area contributed by atoms with Crippen LogP contribution in [0, 0.1) is 41.4 Å². The van der Waals surface area contributed by atoms with Crippen LogP contribution >= 0.6 is 0 Å². The lowest BCUT2D eigenvalue weighted by atomic mass is 9.83. The molecule has 1 fully saturated rings. The van der Waals surface area contributed by atoms with Crippen LogP contribution in [0.4, 0.5) is 0 Å². The van der Waals surface area contributed by atoms with Crippen molar-refractivity contribution < 1.29 is 89.9 Å². The summed E-state index contributed by atoms with van der Waals surface area (Å²) in [5.74, 6) is -9.80. The summed E-state index contributed by atoms with van der Waals surface area (Å²) in [7, 11) is 1.62. The predicted molar refractivity (Wildman–Crippen MR) is 298 cm³/mol. The number of nitrogens with zero attached hydrogens (tertiary/aromatic N) is 1. The molecule has 21 unspecified atom stereocenters. The van der Waals surface area contributed by atoms with E-state index in [-0.39, 0.29) is 56.8 Å². The number of esters is 2. The highest BCUT2D eigenvalue weighted by Gasteiger charge is 2.50. The molecule has 2 heterocycles. The molecule has 21 heteroatoms. The second kappa shape index (κ2) is 35.4. The lowest BCUT2D eigenvalue weighted by Gasteiger charge is -2.45. The lowest BCUT2D eigenvalue weighted by Crippen LogP contribution is -2.59. The van der Waals surface area contributed by atoms with Crippen LogP contribution in [0.3, 0.4) is 0 Å². The van der Waals surface area contributed by atoms with Gasteiger partial charge in [-0.05, 0) is 121 Å². The van der Waals surface area contributed by atoms with E-state index in [0.717, 1.165) is 31.3 Å². The summed E-state index contributed by atoms with van der Waals surface area (Å²) < 4.78 is 17.7. The smallest absolute Gasteiger partial charge is 0.317 e. The van der Waals surface area contributed by atoms with Crippen molar-refractivity contribution in [1.82, 2.24) is 5.32 Å². The van der Waals surface area contributed by atoms with Gasteiger partial charge in [-0.1, -0.05) is 71.8 Å². The zero-order valence-electron chi connectivity index (χ0n) is 48.7. The molecule has 2 aliphatic rings. The first-order valence-corrected chi connectivity index (χ1v) is 28.7. The number of rotatable bonds is 12. The van der Waals surface area contributed by atoms with Crippen LogP contribution in [0.1, 0.15) is 165 Å². The summed E-state index contributed by atoms with van der Waals surface area (Å²) in [6.45, 7) is 16.4. The Kier molecular flexibility index (Phi) is 32.1. The Hall–Kier alpha value is -3.58. The van der Waals surface area contributed by atoms with E-state index in [1.165, 1.54) is 19.1 Å². The second-order valence-corrected chi connectivity index (χ2v) is 23.4. The van der Waals surface area contributed by atoms with E-state index >= 15 is 0 Å². The van der Waals surface area contributed by atoms with Crippen molar-refractivity contribution in [2.75, 3.05) is 13.6 Å². The van der Waals surface area contributed by atoms with Crippen LogP contribution in [0.5, 0.6) is 0 Å². The van der Waals surface area contributed by atoms with Crippen LogP contribution in [-0.4, -0.2) is 184 Å². The third-order valence-corrected chi connectivity index (χ3v) is 16.3. The molecule has 0 saturated carbocycles. The maximum absolute atomic E-state index is 14.3. The fourth-order valence-electron chi connectivity index (χ4n) is 10.5. The molecule has 0 aromatic heterocycles. The Labute approximate surface area is 469 Å². The number of nitrogens with one attached hydrogen (secondary N) is 1. The SMILES string of the molecule is CN=C(N)NCCCCC/C=C(\C)CC(C)C1OC(=O)C(C)C(OC(=O)CC(=O)O)/C=C/C(C)C(O)CC(O)C(C)C(O)CCC(C)C(O)CC2(O)OC(CC(O)CC(O)CC(O)C(C)C(O)/C(C)=C\CCC1C)CC(O)C2O. The fourth-order valence-corrected chi connectivity index (χ4v) is 10.5. The summed E-state index contributed by atoms with van der Waals surface area (Å²) in [4.78, 5) is 42.5. The van der Waals surface area contributed by atoms with Gasteiger partial charge in [-0.15, -0.1) is 0 Å². The molecule has 2 rings (SSSR count). The summed E-state index contributed by atoms with van der Waals surface area (Å²) >= 11 is 0. The average molecular weight is 1130 g/mol. The van der Waals surface area contributed by atoms with E-state index in [4.69, 9.17) is 19.9 Å². The maximum atomic E-state index is 14.3. The molecule has 0 aliphatic carbocycles. The number of carbonyl (C=O) groups excluding carboxylic acids is 2.